The molecule has 0 radical (unpaired) electrons. The molecule has 1 fully saturated rings. The molecular weight excluding hydrogens is 575 g/mol. The van der Waals surface area contributed by atoms with Gasteiger partial charge in [-0.3, -0.25) is 4.98 Å². The number of methoxy groups -OCH3 is 1. The second kappa shape index (κ2) is 13.0. The van der Waals surface area contributed by atoms with E-state index >= 15 is 0 Å². The monoisotopic (exact) mass is 610 g/mol. The molecule has 0 spiro atoms. The standard InChI is InChI=1S/C30H35FN6O5S/c1-30(2,3)42-29(39)37(13-14-40-4)12-11-36-17-23(33-18-36)26-16-22-27(43-26)25(9-10-32-22)41-24-8-7-20(15-21(24)31)35-28(38)34-19-5-6-19/h7-10,15-19H,5-6,11-14H2,1-4H3,(H2,34,35,38). The van der Waals surface area contributed by atoms with Crippen molar-refractivity contribution >= 4 is 39.4 Å². The normalized spacial score (nSPS) is 13.1. The fourth-order valence-electron chi connectivity index (χ4n) is 4.15. The third-order valence-corrected chi connectivity index (χ3v) is 7.59. The van der Waals surface area contributed by atoms with Crippen LogP contribution in [0.4, 0.5) is 19.7 Å². The number of ether oxygens (including phenoxy) is 3. The van der Waals surface area contributed by atoms with Crippen LogP contribution in [0, 0.1) is 5.82 Å². The number of anilines is 1. The van der Waals surface area contributed by atoms with Crippen molar-refractivity contribution in [2.45, 2.75) is 51.8 Å². The highest BCUT2D eigenvalue weighted by molar-refractivity contribution is 7.22. The Bertz CT molecular complexity index is 1600. The summed E-state index contributed by atoms with van der Waals surface area (Å²) in [4.78, 5) is 36.1. The zero-order chi connectivity index (χ0) is 30.6. The van der Waals surface area contributed by atoms with E-state index in [4.69, 9.17) is 14.2 Å². The molecule has 3 amide bonds. The van der Waals surface area contributed by atoms with Crippen LogP contribution in [0.1, 0.15) is 33.6 Å². The van der Waals surface area contributed by atoms with E-state index in [-0.39, 0.29) is 17.8 Å². The van der Waals surface area contributed by atoms with Gasteiger partial charge in [0.25, 0.3) is 0 Å². The number of hydrogen-bond donors (Lipinski definition) is 2. The van der Waals surface area contributed by atoms with Crippen LogP contribution in [-0.2, 0) is 16.0 Å². The number of amides is 3. The Morgan fingerprint density at radius 1 is 1.14 bits per heavy atom. The molecule has 0 atom stereocenters. The Morgan fingerprint density at radius 3 is 2.67 bits per heavy atom. The topological polar surface area (TPSA) is 120 Å². The maximum absolute atomic E-state index is 14.9. The van der Waals surface area contributed by atoms with Crippen LogP contribution in [0.2, 0.25) is 0 Å². The summed E-state index contributed by atoms with van der Waals surface area (Å²) in [7, 11) is 1.59. The van der Waals surface area contributed by atoms with Gasteiger partial charge in [0.15, 0.2) is 11.6 Å². The Hall–Kier alpha value is -4.23. The first-order chi connectivity index (χ1) is 20.6. The molecule has 1 aliphatic rings. The molecule has 2 N–H and O–H groups in total. The van der Waals surface area contributed by atoms with Gasteiger partial charge in [-0.1, -0.05) is 0 Å². The Labute approximate surface area is 253 Å². The molecule has 1 saturated carbocycles. The van der Waals surface area contributed by atoms with E-state index in [2.05, 4.69) is 20.6 Å². The second-order valence-electron chi connectivity index (χ2n) is 11.2. The van der Waals surface area contributed by atoms with Crippen LogP contribution < -0.4 is 15.4 Å². The minimum atomic E-state index is -0.601. The van der Waals surface area contributed by atoms with Crippen molar-refractivity contribution in [1.29, 1.82) is 0 Å². The Balaban J connectivity index is 1.26. The maximum atomic E-state index is 14.9. The molecule has 4 aromatic rings. The predicted octanol–water partition coefficient (Wildman–Crippen LogP) is 6.26. The van der Waals surface area contributed by atoms with Crippen molar-refractivity contribution in [3.05, 3.63) is 54.9 Å². The van der Waals surface area contributed by atoms with Gasteiger partial charge < -0.3 is 34.3 Å². The first-order valence-electron chi connectivity index (χ1n) is 14.0. The lowest BCUT2D eigenvalue weighted by molar-refractivity contribution is 0.0195. The molecule has 228 valence electrons. The quantitative estimate of drug-likeness (QED) is 0.206. The number of pyridine rings is 1. The van der Waals surface area contributed by atoms with Gasteiger partial charge >= 0.3 is 12.1 Å². The lowest BCUT2D eigenvalue weighted by atomic mass is 10.2. The summed E-state index contributed by atoms with van der Waals surface area (Å²) in [6.07, 6.45) is 6.75. The lowest BCUT2D eigenvalue weighted by Crippen LogP contribution is -2.40. The Kier molecular flexibility index (Phi) is 9.11. The maximum Gasteiger partial charge on any atom is 0.410 e. The van der Waals surface area contributed by atoms with E-state index in [0.717, 1.165) is 28.1 Å². The molecule has 3 heterocycles. The van der Waals surface area contributed by atoms with Gasteiger partial charge in [-0.25, -0.2) is 19.0 Å². The number of aromatic nitrogens is 3. The summed E-state index contributed by atoms with van der Waals surface area (Å²) in [5.41, 5.74) is 1.17. The van der Waals surface area contributed by atoms with Crippen molar-refractivity contribution in [1.82, 2.24) is 24.8 Å². The van der Waals surface area contributed by atoms with Crippen LogP contribution in [0.25, 0.3) is 20.8 Å². The summed E-state index contributed by atoms with van der Waals surface area (Å²) < 4.78 is 34.2. The van der Waals surface area contributed by atoms with Gasteiger partial charge in [0.2, 0.25) is 0 Å². The fraction of sp³-hybridized carbons (Fsp3) is 0.400. The number of fused-ring (bicyclic) bond motifs is 1. The van der Waals surface area contributed by atoms with Gasteiger partial charge in [0.1, 0.15) is 11.4 Å². The summed E-state index contributed by atoms with van der Waals surface area (Å²) >= 11 is 1.43. The first-order valence-corrected chi connectivity index (χ1v) is 14.8. The number of thiophene rings is 1. The number of nitrogens with one attached hydrogen (secondary N) is 2. The molecule has 5 rings (SSSR count). The number of urea groups is 1. The molecule has 1 aromatic carbocycles. The molecule has 0 unspecified atom stereocenters. The number of rotatable bonds is 11. The van der Waals surface area contributed by atoms with Crippen LogP contribution in [-0.4, -0.2) is 70.0 Å². The van der Waals surface area contributed by atoms with Crippen molar-refractivity contribution in [2.75, 3.05) is 32.1 Å². The first kappa shape index (κ1) is 30.2. The largest absolute Gasteiger partial charge is 0.453 e. The highest BCUT2D eigenvalue weighted by Crippen LogP contribution is 2.39. The van der Waals surface area contributed by atoms with E-state index in [9.17, 15) is 14.0 Å². The Morgan fingerprint density at radius 2 is 1.95 bits per heavy atom. The van der Waals surface area contributed by atoms with E-state index in [1.165, 1.54) is 23.5 Å². The van der Waals surface area contributed by atoms with Crippen molar-refractivity contribution < 1.29 is 28.2 Å². The number of carbonyl (C=O) groups excluding carboxylic acids is 2. The molecule has 13 heteroatoms. The third kappa shape index (κ3) is 8.20. The zero-order valence-corrected chi connectivity index (χ0v) is 25.4. The summed E-state index contributed by atoms with van der Waals surface area (Å²) in [6, 6.07) is 7.74. The second-order valence-corrected chi connectivity index (χ2v) is 12.3. The molecule has 0 bridgehead atoms. The number of hydrogen-bond acceptors (Lipinski definition) is 8. The molecule has 0 aliphatic heterocycles. The van der Waals surface area contributed by atoms with Crippen LogP contribution in [0.15, 0.2) is 49.1 Å². The van der Waals surface area contributed by atoms with Gasteiger partial charge in [-0.2, -0.15) is 0 Å². The summed E-state index contributed by atoms with van der Waals surface area (Å²) in [6.45, 7) is 7.24. The van der Waals surface area contributed by atoms with E-state index in [0.29, 0.717) is 43.2 Å². The SMILES string of the molecule is COCCN(CCn1cnc(-c2cc3nccc(Oc4ccc(NC(=O)NC5CC5)cc4F)c3s2)c1)C(=O)OC(C)(C)C. The number of benzene rings is 1. The van der Waals surface area contributed by atoms with Gasteiger partial charge in [0.05, 0.1) is 33.7 Å². The third-order valence-electron chi connectivity index (χ3n) is 6.43. The molecule has 43 heavy (non-hydrogen) atoms. The number of carbonyl (C=O) groups is 2. The van der Waals surface area contributed by atoms with E-state index < -0.39 is 17.5 Å². The number of halogens is 1. The van der Waals surface area contributed by atoms with Gasteiger partial charge in [-0.15, -0.1) is 11.3 Å². The van der Waals surface area contributed by atoms with Gasteiger partial charge in [-0.05, 0) is 51.8 Å². The van der Waals surface area contributed by atoms with Crippen LogP contribution in [0.3, 0.4) is 0 Å². The summed E-state index contributed by atoms with van der Waals surface area (Å²) in [5.74, 6) is -0.114. The van der Waals surface area contributed by atoms with Gasteiger partial charge in [0, 0.05) is 63.0 Å². The molecule has 11 nitrogen and oxygen atoms in total. The highest BCUT2D eigenvalue weighted by Gasteiger charge is 2.24. The lowest BCUT2D eigenvalue weighted by Gasteiger charge is -2.27. The number of nitrogens with zero attached hydrogens (tertiary/aromatic N) is 4. The zero-order valence-electron chi connectivity index (χ0n) is 24.6. The van der Waals surface area contributed by atoms with Crippen molar-refractivity contribution in [2.24, 2.45) is 0 Å². The minimum absolute atomic E-state index is 0.0305. The van der Waals surface area contributed by atoms with Crippen molar-refractivity contribution in [3.8, 4) is 22.1 Å². The average Bonchev–Trinajstić information content (AvgIpc) is 3.43. The molecule has 1 aliphatic carbocycles. The molecular formula is C30H35FN6O5S. The molecule has 3 aromatic heterocycles. The van der Waals surface area contributed by atoms with E-state index in [1.54, 1.807) is 36.7 Å². The average molecular weight is 611 g/mol. The summed E-state index contributed by atoms with van der Waals surface area (Å²) in [5, 5.41) is 5.45. The van der Waals surface area contributed by atoms with Crippen LogP contribution in [0.5, 0.6) is 11.5 Å². The predicted molar refractivity (Wildman–Crippen MR) is 162 cm³/mol. The fourth-order valence-corrected chi connectivity index (χ4v) is 5.18. The highest BCUT2D eigenvalue weighted by atomic mass is 32.1. The van der Waals surface area contributed by atoms with Crippen molar-refractivity contribution in [3.63, 3.8) is 0 Å². The smallest absolute Gasteiger partial charge is 0.410 e. The van der Waals surface area contributed by atoms with Crippen LogP contribution >= 0.6 is 11.3 Å². The number of imidazole rings is 1. The molecule has 0 saturated heterocycles. The van der Waals surface area contributed by atoms with E-state index in [1.807, 2.05) is 37.6 Å². The minimum Gasteiger partial charge on any atom is -0.453 e.